The molecule has 5 nitrogen and oxygen atoms in total. The van der Waals surface area contributed by atoms with E-state index in [0.717, 1.165) is 5.56 Å². The molecule has 0 saturated heterocycles. The molecule has 1 aliphatic heterocycles. The molecular weight excluding hydrogens is 373 g/mol. The minimum absolute atomic E-state index is 0.0252. The van der Waals surface area contributed by atoms with Gasteiger partial charge in [0, 0.05) is 0 Å². The van der Waals surface area contributed by atoms with E-state index in [0.29, 0.717) is 17.7 Å². The molecule has 1 unspecified atom stereocenters. The van der Waals surface area contributed by atoms with Crippen molar-refractivity contribution in [1.29, 1.82) is 0 Å². The molecule has 3 rings (SSSR count). The van der Waals surface area contributed by atoms with Crippen LogP contribution in [0.5, 0.6) is 5.75 Å². The fraction of sp³-hybridized carbons (Fsp3) is 0.300. The van der Waals surface area contributed by atoms with Gasteiger partial charge in [-0.1, -0.05) is 55.5 Å². The Bertz CT molecular complexity index is 884. The van der Waals surface area contributed by atoms with Crippen LogP contribution in [0.3, 0.4) is 0 Å². The molecule has 1 amide bonds. The standard InChI is InChI=1S/C20H19F3N2O3/c1-2-14-8-6-7-11-17(14)28-13-18(26)25-19(27,20(21,22)23)12-16(24-25)15-9-4-3-5-10-15/h3-11,27H,2,12-13H2,1H3. The van der Waals surface area contributed by atoms with Gasteiger partial charge in [-0.25, -0.2) is 0 Å². The summed E-state index contributed by atoms with van der Waals surface area (Å²) in [6.45, 7) is 1.21. The molecule has 2 aromatic rings. The number of hydrazone groups is 1. The maximum Gasteiger partial charge on any atom is 0.438 e. The smallest absolute Gasteiger partial charge is 0.438 e. The van der Waals surface area contributed by atoms with Gasteiger partial charge < -0.3 is 9.84 Å². The fourth-order valence-corrected chi connectivity index (χ4v) is 2.96. The van der Waals surface area contributed by atoms with Crippen LogP contribution >= 0.6 is 0 Å². The van der Waals surface area contributed by atoms with Crippen LogP contribution in [-0.2, 0) is 11.2 Å². The Morgan fingerprint density at radius 3 is 2.46 bits per heavy atom. The zero-order valence-electron chi connectivity index (χ0n) is 15.1. The minimum Gasteiger partial charge on any atom is -0.483 e. The van der Waals surface area contributed by atoms with Crippen LogP contribution in [0.15, 0.2) is 59.7 Å². The molecule has 0 aliphatic carbocycles. The highest BCUT2D eigenvalue weighted by molar-refractivity contribution is 6.03. The molecule has 1 aliphatic rings. The topological polar surface area (TPSA) is 62.1 Å². The lowest BCUT2D eigenvalue weighted by atomic mass is 10.0. The molecule has 8 heteroatoms. The van der Waals surface area contributed by atoms with Crippen molar-refractivity contribution in [3.63, 3.8) is 0 Å². The van der Waals surface area contributed by atoms with Crippen LogP contribution in [0.2, 0.25) is 0 Å². The van der Waals surface area contributed by atoms with Gasteiger partial charge in [-0.3, -0.25) is 4.79 Å². The Labute approximate surface area is 160 Å². The van der Waals surface area contributed by atoms with Gasteiger partial charge >= 0.3 is 6.18 Å². The van der Waals surface area contributed by atoms with Crippen LogP contribution in [0.1, 0.15) is 24.5 Å². The number of carbonyl (C=O) groups excluding carboxylic acids is 1. The van der Waals surface area contributed by atoms with Crippen LogP contribution in [-0.4, -0.2) is 40.2 Å². The van der Waals surface area contributed by atoms with E-state index in [4.69, 9.17) is 4.74 Å². The number of ether oxygens (including phenoxy) is 1. The number of halogens is 3. The summed E-state index contributed by atoms with van der Waals surface area (Å²) in [4.78, 5) is 12.5. The van der Waals surface area contributed by atoms with Gasteiger partial charge in [-0.15, -0.1) is 0 Å². The summed E-state index contributed by atoms with van der Waals surface area (Å²) >= 11 is 0. The Balaban J connectivity index is 1.85. The number of nitrogens with zero attached hydrogens (tertiary/aromatic N) is 2. The first-order chi connectivity index (χ1) is 13.3. The Morgan fingerprint density at radius 1 is 1.18 bits per heavy atom. The number of carbonyl (C=O) groups is 1. The fourth-order valence-electron chi connectivity index (χ4n) is 2.96. The molecule has 148 valence electrons. The lowest BCUT2D eigenvalue weighted by Crippen LogP contribution is -2.57. The monoisotopic (exact) mass is 392 g/mol. The second-order valence-electron chi connectivity index (χ2n) is 6.36. The normalized spacial score (nSPS) is 19.5. The third kappa shape index (κ3) is 3.73. The van der Waals surface area contributed by atoms with Crippen molar-refractivity contribution < 1.29 is 27.8 Å². The van der Waals surface area contributed by atoms with E-state index in [1.165, 1.54) is 0 Å². The third-order valence-corrected chi connectivity index (χ3v) is 4.49. The highest BCUT2D eigenvalue weighted by Crippen LogP contribution is 2.41. The van der Waals surface area contributed by atoms with Crippen molar-refractivity contribution in [1.82, 2.24) is 5.01 Å². The summed E-state index contributed by atoms with van der Waals surface area (Å²) in [6.07, 6.45) is -5.29. The first-order valence-electron chi connectivity index (χ1n) is 8.72. The average molecular weight is 392 g/mol. The third-order valence-electron chi connectivity index (χ3n) is 4.49. The van der Waals surface area contributed by atoms with Crippen molar-refractivity contribution >= 4 is 11.6 Å². The molecular formula is C20H19F3N2O3. The molecule has 0 radical (unpaired) electrons. The van der Waals surface area contributed by atoms with E-state index in [-0.39, 0.29) is 10.7 Å². The minimum atomic E-state index is -5.08. The van der Waals surface area contributed by atoms with Crippen molar-refractivity contribution in [3.8, 4) is 5.75 Å². The number of aryl methyl sites for hydroxylation is 1. The summed E-state index contributed by atoms with van der Waals surface area (Å²) in [6, 6.07) is 15.0. The van der Waals surface area contributed by atoms with Gasteiger partial charge in [0.05, 0.1) is 12.1 Å². The zero-order valence-corrected chi connectivity index (χ0v) is 15.1. The van der Waals surface area contributed by atoms with E-state index in [1.807, 2.05) is 6.92 Å². The predicted octanol–water partition coefficient (Wildman–Crippen LogP) is 3.52. The molecule has 2 aromatic carbocycles. The molecule has 1 atom stereocenters. The van der Waals surface area contributed by atoms with Crippen molar-refractivity contribution in [2.24, 2.45) is 5.10 Å². The van der Waals surface area contributed by atoms with Gasteiger partial charge in [0.25, 0.3) is 11.6 Å². The highest BCUT2D eigenvalue weighted by Gasteiger charge is 2.63. The summed E-state index contributed by atoms with van der Waals surface area (Å²) in [5, 5.41) is 14.2. The largest absolute Gasteiger partial charge is 0.483 e. The predicted molar refractivity (Wildman–Crippen MR) is 96.8 cm³/mol. The molecule has 0 spiro atoms. The van der Waals surface area contributed by atoms with Gasteiger partial charge in [0.1, 0.15) is 5.75 Å². The lowest BCUT2D eigenvalue weighted by molar-refractivity contribution is -0.302. The number of benzene rings is 2. The maximum atomic E-state index is 13.6. The summed E-state index contributed by atoms with van der Waals surface area (Å²) in [7, 11) is 0. The van der Waals surface area contributed by atoms with Crippen LogP contribution < -0.4 is 4.74 Å². The van der Waals surface area contributed by atoms with E-state index in [2.05, 4.69) is 5.10 Å². The number of amides is 1. The molecule has 1 heterocycles. The Hall–Kier alpha value is -2.87. The summed E-state index contributed by atoms with van der Waals surface area (Å²) in [5.41, 5.74) is -2.22. The van der Waals surface area contributed by atoms with E-state index < -0.39 is 30.8 Å². The van der Waals surface area contributed by atoms with Crippen LogP contribution in [0.4, 0.5) is 13.2 Å². The zero-order chi connectivity index (χ0) is 20.4. The first kappa shape index (κ1) is 19.9. The second kappa shape index (κ2) is 7.63. The molecule has 28 heavy (non-hydrogen) atoms. The van der Waals surface area contributed by atoms with Crippen LogP contribution in [0, 0.1) is 0 Å². The Kier molecular flexibility index (Phi) is 5.42. The van der Waals surface area contributed by atoms with E-state index >= 15 is 0 Å². The SMILES string of the molecule is CCc1ccccc1OCC(=O)N1N=C(c2ccccc2)CC1(O)C(F)(F)F. The van der Waals surface area contributed by atoms with E-state index in [1.54, 1.807) is 54.6 Å². The second-order valence-corrected chi connectivity index (χ2v) is 6.36. The highest BCUT2D eigenvalue weighted by atomic mass is 19.4. The number of aliphatic hydroxyl groups is 1. The maximum absolute atomic E-state index is 13.6. The Morgan fingerprint density at radius 2 is 1.82 bits per heavy atom. The van der Waals surface area contributed by atoms with Crippen molar-refractivity contribution in [2.75, 3.05) is 6.61 Å². The summed E-state index contributed by atoms with van der Waals surface area (Å²) < 4.78 is 46.1. The van der Waals surface area contributed by atoms with Gasteiger partial charge in [0.2, 0.25) is 0 Å². The van der Waals surface area contributed by atoms with Crippen molar-refractivity contribution in [2.45, 2.75) is 31.7 Å². The molecule has 1 N–H and O–H groups in total. The van der Waals surface area contributed by atoms with E-state index in [9.17, 15) is 23.1 Å². The molecule has 0 aromatic heterocycles. The summed E-state index contributed by atoms with van der Waals surface area (Å²) in [5.74, 6) is -0.683. The molecule has 0 bridgehead atoms. The van der Waals surface area contributed by atoms with Gasteiger partial charge in [0.15, 0.2) is 6.61 Å². The molecule has 0 saturated carbocycles. The van der Waals surface area contributed by atoms with Gasteiger partial charge in [-0.2, -0.15) is 23.3 Å². The lowest BCUT2D eigenvalue weighted by Gasteiger charge is -2.32. The number of hydrogen-bond acceptors (Lipinski definition) is 4. The molecule has 0 fully saturated rings. The number of rotatable bonds is 5. The first-order valence-corrected chi connectivity index (χ1v) is 8.72. The number of hydrogen-bond donors (Lipinski definition) is 1. The van der Waals surface area contributed by atoms with Crippen LogP contribution in [0.25, 0.3) is 0 Å². The number of alkyl halides is 3. The number of para-hydroxylation sites is 1. The average Bonchev–Trinajstić information content (AvgIpc) is 3.06. The van der Waals surface area contributed by atoms with Gasteiger partial charge in [-0.05, 0) is 23.6 Å². The van der Waals surface area contributed by atoms with Crippen molar-refractivity contribution in [3.05, 3.63) is 65.7 Å². The quantitative estimate of drug-likeness (QED) is 0.847.